The fraction of sp³-hybridized carbons (Fsp3) is 0.385. The summed E-state index contributed by atoms with van der Waals surface area (Å²) >= 11 is 5.83. The summed E-state index contributed by atoms with van der Waals surface area (Å²) in [6.45, 7) is 5.29. The number of carbonyl (C=O) groups excluding carboxylic acids is 1. The third-order valence-corrected chi connectivity index (χ3v) is 2.94. The number of carbonyl (C=O) groups is 2. The van der Waals surface area contributed by atoms with Gasteiger partial charge < -0.3 is 10.4 Å². The molecule has 104 valence electrons. The van der Waals surface area contributed by atoms with Crippen LogP contribution in [0.5, 0.6) is 0 Å². The van der Waals surface area contributed by atoms with Crippen molar-refractivity contribution in [2.45, 2.75) is 27.3 Å². The molecule has 6 heteroatoms. The number of rotatable bonds is 3. The van der Waals surface area contributed by atoms with Crippen LogP contribution in [-0.4, -0.2) is 17.0 Å². The number of carboxylic acid groups (broad SMARTS) is 1. The number of carboxylic acids is 1. The van der Waals surface area contributed by atoms with Gasteiger partial charge in [-0.1, -0.05) is 38.4 Å². The van der Waals surface area contributed by atoms with E-state index < -0.39 is 22.8 Å². The molecule has 19 heavy (non-hydrogen) atoms. The molecular formula is C13H15ClFNO3. The first-order valence-electron chi connectivity index (χ1n) is 5.63. The minimum Gasteiger partial charge on any atom is -0.478 e. The standard InChI is InChI=1S/C13H15ClFNO3/c1-13(2,3)12(19)16-6-7-4-5-8(15)9(10(7)14)11(17)18/h4-5H,6H2,1-3H3,(H,16,19)(H,17,18). The molecule has 0 aliphatic rings. The van der Waals surface area contributed by atoms with Crippen LogP contribution in [0.15, 0.2) is 12.1 Å². The second kappa shape index (κ2) is 5.57. The van der Waals surface area contributed by atoms with E-state index in [0.717, 1.165) is 6.07 Å². The van der Waals surface area contributed by atoms with Crippen molar-refractivity contribution >= 4 is 23.5 Å². The van der Waals surface area contributed by atoms with Crippen LogP contribution in [0.3, 0.4) is 0 Å². The Bertz CT molecular complexity index is 523. The van der Waals surface area contributed by atoms with E-state index in [4.69, 9.17) is 16.7 Å². The maximum Gasteiger partial charge on any atom is 0.340 e. The van der Waals surface area contributed by atoms with Gasteiger partial charge in [-0.15, -0.1) is 0 Å². The monoisotopic (exact) mass is 287 g/mol. The van der Waals surface area contributed by atoms with Crippen LogP contribution in [0.2, 0.25) is 5.02 Å². The molecule has 0 spiro atoms. The van der Waals surface area contributed by atoms with Crippen molar-refractivity contribution < 1.29 is 19.1 Å². The third-order valence-electron chi connectivity index (χ3n) is 2.51. The van der Waals surface area contributed by atoms with Gasteiger partial charge in [-0.05, 0) is 11.6 Å². The SMILES string of the molecule is CC(C)(C)C(=O)NCc1ccc(F)c(C(=O)O)c1Cl. The van der Waals surface area contributed by atoms with Crippen LogP contribution < -0.4 is 5.32 Å². The van der Waals surface area contributed by atoms with Crippen molar-refractivity contribution in [1.29, 1.82) is 0 Å². The van der Waals surface area contributed by atoms with E-state index in [9.17, 15) is 14.0 Å². The normalized spacial score (nSPS) is 11.2. The first-order chi connectivity index (χ1) is 8.64. The summed E-state index contributed by atoms with van der Waals surface area (Å²) in [5, 5.41) is 11.3. The Hall–Kier alpha value is -1.62. The van der Waals surface area contributed by atoms with Gasteiger partial charge in [-0.3, -0.25) is 4.79 Å². The fourth-order valence-electron chi connectivity index (χ4n) is 1.37. The highest BCUT2D eigenvalue weighted by atomic mass is 35.5. The largest absolute Gasteiger partial charge is 0.478 e. The average Bonchev–Trinajstić information content (AvgIpc) is 2.25. The van der Waals surface area contributed by atoms with Crippen molar-refractivity contribution in [3.8, 4) is 0 Å². The van der Waals surface area contributed by atoms with Gasteiger partial charge in [0, 0.05) is 12.0 Å². The minimum atomic E-state index is -1.44. The predicted molar refractivity (Wildman–Crippen MR) is 69.7 cm³/mol. The molecule has 1 amide bonds. The number of amides is 1. The van der Waals surface area contributed by atoms with E-state index in [1.807, 2.05) is 0 Å². The molecule has 1 rings (SSSR count). The molecule has 0 atom stereocenters. The van der Waals surface area contributed by atoms with Gasteiger partial charge in [0.15, 0.2) is 0 Å². The smallest absolute Gasteiger partial charge is 0.340 e. The zero-order valence-electron chi connectivity index (χ0n) is 10.9. The summed E-state index contributed by atoms with van der Waals surface area (Å²) in [6, 6.07) is 2.38. The Morgan fingerprint density at radius 3 is 2.42 bits per heavy atom. The molecule has 0 fully saturated rings. The van der Waals surface area contributed by atoms with Crippen molar-refractivity contribution in [2.75, 3.05) is 0 Å². The second-order valence-electron chi connectivity index (χ2n) is 5.13. The summed E-state index contributed by atoms with van der Waals surface area (Å²) in [6.07, 6.45) is 0. The lowest BCUT2D eigenvalue weighted by atomic mass is 9.95. The molecule has 0 aliphatic carbocycles. The molecule has 0 saturated carbocycles. The first-order valence-corrected chi connectivity index (χ1v) is 6.01. The van der Waals surface area contributed by atoms with Crippen molar-refractivity contribution in [2.24, 2.45) is 5.41 Å². The molecule has 0 heterocycles. The van der Waals surface area contributed by atoms with Gasteiger partial charge in [0.1, 0.15) is 11.4 Å². The van der Waals surface area contributed by atoms with Crippen LogP contribution in [0, 0.1) is 11.2 Å². The van der Waals surface area contributed by atoms with Crippen LogP contribution in [-0.2, 0) is 11.3 Å². The maximum absolute atomic E-state index is 13.3. The van der Waals surface area contributed by atoms with Gasteiger partial charge >= 0.3 is 5.97 Å². The Morgan fingerprint density at radius 2 is 1.95 bits per heavy atom. The highest BCUT2D eigenvalue weighted by Gasteiger charge is 2.22. The minimum absolute atomic E-state index is 0.0511. The lowest BCUT2D eigenvalue weighted by Gasteiger charge is -2.18. The Balaban J connectivity index is 2.95. The molecule has 0 aromatic heterocycles. The molecule has 4 nitrogen and oxygen atoms in total. The van der Waals surface area contributed by atoms with E-state index in [1.54, 1.807) is 20.8 Å². The van der Waals surface area contributed by atoms with E-state index in [0.29, 0.717) is 5.56 Å². The number of benzene rings is 1. The summed E-state index contributed by atoms with van der Waals surface area (Å²) in [4.78, 5) is 22.6. The molecule has 1 aromatic carbocycles. The molecule has 0 radical (unpaired) electrons. The Kier molecular flexibility index (Phi) is 4.52. The zero-order chi connectivity index (χ0) is 14.8. The lowest BCUT2D eigenvalue weighted by Crippen LogP contribution is -2.34. The molecule has 2 N–H and O–H groups in total. The van der Waals surface area contributed by atoms with Gasteiger partial charge in [0.25, 0.3) is 0 Å². The van der Waals surface area contributed by atoms with Crippen LogP contribution in [0.1, 0.15) is 36.7 Å². The molecular weight excluding hydrogens is 273 g/mol. The van der Waals surface area contributed by atoms with E-state index in [-0.39, 0.29) is 17.5 Å². The topological polar surface area (TPSA) is 66.4 Å². The van der Waals surface area contributed by atoms with E-state index in [2.05, 4.69) is 5.32 Å². The number of hydrogen-bond donors (Lipinski definition) is 2. The number of nitrogens with one attached hydrogen (secondary N) is 1. The van der Waals surface area contributed by atoms with Gasteiger partial charge in [-0.2, -0.15) is 0 Å². The van der Waals surface area contributed by atoms with Gasteiger partial charge in [0.2, 0.25) is 5.91 Å². The molecule has 0 saturated heterocycles. The quantitative estimate of drug-likeness (QED) is 0.898. The highest BCUT2D eigenvalue weighted by Crippen LogP contribution is 2.24. The highest BCUT2D eigenvalue weighted by molar-refractivity contribution is 6.34. The number of aromatic carboxylic acids is 1. The average molecular weight is 288 g/mol. The van der Waals surface area contributed by atoms with E-state index in [1.165, 1.54) is 6.07 Å². The molecule has 0 bridgehead atoms. The summed E-state index contributed by atoms with van der Waals surface area (Å²) in [7, 11) is 0. The van der Waals surface area contributed by atoms with Crippen LogP contribution in [0.25, 0.3) is 0 Å². The fourth-order valence-corrected chi connectivity index (χ4v) is 1.67. The zero-order valence-corrected chi connectivity index (χ0v) is 11.6. The lowest BCUT2D eigenvalue weighted by molar-refractivity contribution is -0.128. The molecule has 0 unspecified atom stereocenters. The summed E-state index contributed by atoms with van der Waals surface area (Å²) in [5.74, 6) is -2.54. The van der Waals surface area contributed by atoms with E-state index >= 15 is 0 Å². The van der Waals surface area contributed by atoms with Crippen molar-refractivity contribution in [1.82, 2.24) is 5.32 Å². The Morgan fingerprint density at radius 1 is 1.37 bits per heavy atom. The maximum atomic E-state index is 13.3. The summed E-state index contributed by atoms with van der Waals surface area (Å²) < 4.78 is 13.3. The van der Waals surface area contributed by atoms with Crippen LogP contribution >= 0.6 is 11.6 Å². The van der Waals surface area contributed by atoms with Gasteiger partial charge in [-0.25, -0.2) is 9.18 Å². The Labute approximate surface area is 115 Å². The van der Waals surface area contributed by atoms with Crippen molar-refractivity contribution in [3.05, 3.63) is 34.1 Å². The third kappa shape index (κ3) is 3.67. The molecule has 0 aliphatic heterocycles. The second-order valence-corrected chi connectivity index (χ2v) is 5.51. The number of hydrogen-bond acceptors (Lipinski definition) is 2. The predicted octanol–water partition coefficient (Wildman–Crippen LogP) is 2.84. The first kappa shape index (κ1) is 15.4. The summed E-state index contributed by atoms with van der Waals surface area (Å²) in [5.41, 5.74) is -0.787. The number of halogens is 2. The van der Waals surface area contributed by atoms with Crippen LogP contribution in [0.4, 0.5) is 4.39 Å². The van der Waals surface area contributed by atoms with Crippen molar-refractivity contribution in [3.63, 3.8) is 0 Å². The van der Waals surface area contributed by atoms with Gasteiger partial charge in [0.05, 0.1) is 5.02 Å². The molecule has 1 aromatic rings.